The van der Waals surface area contributed by atoms with Crippen molar-refractivity contribution in [3.63, 3.8) is 0 Å². The number of rotatable bonds is 6. The first-order chi connectivity index (χ1) is 6.77. The number of thioether (sulfide) groups is 1. The topological polar surface area (TPSA) is 38.0 Å². The van der Waals surface area contributed by atoms with Crippen LogP contribution in [-0.4, -0.2) is 26.5 Å². The van der Waals surface area contributed by atoms with Crippen molar-refractivity contribution in [2.24, 2.45) is 0 Å². The van der Waals surface area contributed by atoms with Gasteiger partial charge < -0.3 is 9.67 Å². The molecular formula is C10H18N2OS. The molecule has 3 nitrogen and oxygen atoms in total. The van der Waals surface area contributed by atoms with E-state index in [0.29, 0.717) is 5.25 Å². The lowest BCUT2D eigenvalue weighted by atomic mass is 10.3. The largest absolute Gasteiger partial charge is 0.396 e. The first-order valence-electron chi connectivity index (χ1n) is 4.99. The molecule has 0 radical (unpaired) electrons. The second-order valence-electron chi connectivity index (χ2n) is 3.30. The Morgan fingerprint density at radius 2 is 2.43 bits per heavy atom. The Morgan fingerprint density at radius 3 is 3.07 bits per heavy atom. The molecule has 0 fully saturated rings. The van der Waals surface area contributed by atoms with E-state index in [0.717, 1.165) is 18.7 Å². The molecule has 0 aliphatic carbocycles. The van der Waals surface area contributed by atoms with Gasteiger partial charge in [0.1, 0.15) is 0 Å². The predicted molar refractivity (Wildman–Crippen MR) is 60.4 cm³/mol. The first kappa shape index (κ1) is 11.6. The molecule has 0 saturated heterocycles. The minimum Gasteiger partial charge on any atom is -0.396 e. The Hall–Kier alpha value is -0.480. The summed E-state index contributed by atoms with van der Waals surface area (Å²) in [5, 5.41) is 9.28. The number of aromatic nitrogens is 2. The molecule has 80 valence electrons. The lowest BCUT2D eigenvalue weighted by Crippen LogP contribution is -2.02. The average Bonchev–Trinajstić information content (AvgIpc) is 2.62. The SMILES string of the molecule is CCn1cncc1CSC(C)CCO. The zero-order valence-corrected chi connectivity index (χ0v) is 9.63. The molecule has 0 saturated carbocycles. The summed E-state index contributed by atoms with van der Waals surface area (Å²) in [7, 11) is 0. The van der Waals surface area contributed by atoms with Crippen LogP contribution in [0.2, 0.25) is 0 Å². The molecule has 1 unspecified atom stereocenters. The summed E-state index contributed by atoms with van der Waals surface area (Å²) in [5.74, 6) is 0.981. The van der Waals surface area contributed by atoms with Gasteiger partial charge in [-0.2, -0.15) is 11.8 Å². The minimum atomic E-state index is 0.279. The van der Waals surface area contributed by atoms with E-state index in [-0.39, 0.29) is 6.61 Å². The smallest absolute Gasteiger partial charge is 0.0948 e. The molecule has 0 aliphatic heterocycles. The highest BCUT2D eigenvalue weighted by atomic mass is 32.2. The van der Waals surface area contributed by atoms with E-state index in [1.54, 1.807) is 0 Å². The van der Waals surface area contributed by atoms with Crippen LogP contribution in [0.15, 0.2) is 12.5 Å². The molecule has 0 spiro atoms. The summed E-state index contributed by atoms with van der Waals surface area (Å²) in [4.78, 5) is 4.12. The van der Waals surface area contributed by atoms with E-state index < -0.39 is 0 Å². The number of aliphatic hydroxyl groups excluding tert-OH is 1. The lowest BCUT2D eigenvalue weighted by Gasteiger charge is -2.10. The van der Waals surface area contributed by atoms with Crippen molar-refractivity contribution >= 4 is 11.8 Å². The highest BCUT2D eigenvalue weighted by Gasteiger charge is 2.05. The number of aliphatic hydroxyl groups is 1. The van der Waals surface area contributed by atoms with Crippen molar-refractivity contribution in [3.8, 4) is 0 Å². The van der Waals surface area contributed by atoms with Gasteiger partial charge >= 0.3 is 0 Å². The number of nitrogens with zero attached hydrogens (tertiary/aromatic N) is 2. The zero-order valence-electron chi connectivity index (χ0n) is 8.81. The van der Waals surface area contributed by atoms with Crippen molar-refractivity contribution in [2.45, 2.75) is 37.8 Å². The number of aryl methyl sites for hydroxylation is 1. The number of hydrogen-bond acceptors (Lipinski definition) is 3. The molecule has 1 aromatic rings. The fraction of sp³-hybridized carbons (Fsp3) is 0.700. The van der Waals surface area contributed by atoms with Crippen LogP contribution in [0.4, 0.5) is 0 Å². The normalized spacial score (nSPS) is 13.1. The lowest BCUT2D eigenvalue weighted by molar-refractivity contribution is 0.289. The van der Waals surface area contributed by atoms with Crippen molar-refractivity contribution in [1.82, 2.24) is 9.55 Å². The van der Waals surface area contributed by atoms with Gasteiger partial charge in [-0.1, -0.05) is 6.92 Å². The van der Waals surface area contributed by atoms with Crippen LogP contribution in [0.1, 0.15) is 26.0 Å². The molecule has 0 bridgehead atoms. The summed E-state index contributed by atoms with van der Waals surface area (Å²) < 4.78 is 2.15. The minimum absolute atomic E-state index is 0.279. The quantitative estimate of drug-likeness (QED) is 0.786. The van der Waals surface area contributed by atoms with Crippen molar-refractivity contribution < 1.29 is 5.11 Å². The van der Waals surface area contributed by atoms with E-state index in [4.69, 9.17) is 5.11 Å². The van der Waals surface area contributed by atoms with Gasteiger partial charge in [-0.15, -0.1) is 0 Å². The Morgan fingerprint density at radius 1 is 1.64 bits per heavy atom. The molecule has 1 N–H and O–H groups in total. The maximum Gasteiger partial charge on any atom is 0.0948 e. The molecular weight excluding hydrogens is 196 g/mol. The van der Waals surface area contributed by atoms with E-state index in [1.807, 2.05) is 24.3 Å². The van der Waals surface area contributed by atoms with Gasteiger partial charge in [0.05, 0.1) is 6.33 Å². The van der Waals surface area contributed by atoms with E-state index in [1.165, 1.54) is 5.69 Å². The number of hydrogen-bond donors (Lipinski definition) is 1. The highest BCUT2D eigenvalue weighted by molar-refractivity contribution is 7.99. The van der Waals surface area contributed by atoms with Gasteiger partial charge in [-0.05, 0) is 13.3 Å². The average molecular weight is 214 g/mol. The van der Waals surface area contributed by atoms with Crippen LogP contribution in [0, 0.1) is 0 Å². The fourth-order valence-electron chi connectivity index (χ4n) is 1.25. The summed E-state index contributed by atoms with van der Waals surface area (Å²) in [6.07, 6.45) is 4.65. The fourth-order valence-corrected chi connectivity index (χ4v) is 2.21. The van der Waals surface area contributed by atoms with Crippen molar-refractivity contribution in [2.75, 3.05) is 6.61 Å². The van der Waals surface area contributed by atoms with E-state index in [2.05, 4.69) is 23.4 Å². The van der Waals surface area contributed by atoms with Crippen LogP contribution in [-0.2, 0) is 12.3 Å². The second kappa shape index (κ2) is 6.09. The molecule has 1 heterocycles. The Kier molecular flexibility index (Phi) is 5.04. The molecule has 0 amide bonds. The standard InChI is InChI=1S/C10H18N2OS/c1-3-12-8-11-6-10(12)7-14-9(2)4-5-13/h6,8-9,13H,3-5,7H2,1-2H3. The van der Waals surface area contributed by atoms with E-state index >= 15 is 0 Å². The monoisotopic (exact) mass is 214 g/mol. The van der Waals surface area contributed by atoms with Gasteiger partial charge in [0, 0.05) is 36.0 Å². The Balaban J connectivity index is 2.37. The Labute approximate surface area is 89.5 Å². The van der Waals surface area contributed by atoms with Crippen molar-refractivity contribution in [1.29, 1.82) is 0 Å². The summed E-state index contributed by atoms with van der Waals surface area (Å²) in [6, 6.07) is 0. The molecule has 1 atom stereocenters. The molecule has 0 aliphatic rings. The van der Waals surface area contributed by atoms with Gasteiger partial charge in [-0.3, -0.25) is 0 Å². The third-order valence-electron chi connectivity index (χ3n) is 2.19. The molecule has 1 rings (SSSR count). The molecule has 14 heavy (non-hydrogen) atoms. The van der Waals surface area contributed by atoms with Crippen LogP contribution < -0.4 is 0 Å². The third kappa shape index (κ3) is 3.35. The van der Waals surface area contributed by atoms with Gasteiger partial charge in [-0.25, -0.2) is 4.98 Å². The Bertz CT molecular complexity index is 262. The maximum atomic E-state index is 8.76. The van der Waals surface area contributed by atoms with Gasteiger partial charge in [0.2, 0.25) is 0 Å². The van der Waals surface area contributed by atoms with E-state index in [9.17, 15) is 0 Å². The second-order valence-corrected chi connectivity index (χ2v) is 4.73. The summed E-state index contributed by atoms with van der Waals surface area (Å²) >= 11 is 1.87. The molecule has 1 aromatic heterocycles. The zero-order chi connectivity index (χ0) is 10.4. The van der Waals surface area contributed by atoms with Crippen molar-refractivity contribution in [3.05, 3.63) is 18.2 Å². The summed E-state index contributed by atoms with van der Waals surface area (Å²) in [5.41, 5.74) is 1.27. The third-order valence-corrected chi connectivity index (χ3v) is 3.46. The predicted octanol–water partition coefficient (Wildman–Crippen LogP) is 1.91. The van der Waals surface area contributed by atoms with Crippen LogP contribution in [0.5, 0.6) is 0 Å². The highest BCUT2D eigenvalue weighted by Crippen LogP contribution is 2.19. The maximum absolute atomic E-state index is 8.76. The first-order valence-corrected chi connectivity index (χ1v) is 6.04. The van der Waals surface area contributed by atoms with Gasteiger partial charge in [0.15, 0.2) is 0 Å². The van der Waals surface area contributed by atoms with Crippen LogP contribution in [0.25, 0.3) is 0 Å². The van der Waals surface area contributed by atoms with Gasteiger partial charge in [0.25, 0.3) is 0 Å². The molecule has 0 aromatic carbocycles. The summed E-state index contributed by atoms with van der Waals surface area (Å²) in [6.45, 7) is 5.52. The number of imidazole rings is 1. The van der Waals surface area contributed by atoms with Crippen LogP contribution in [0.3, 0.4) is 0 Å². The van der Waals surface area contributed by atoms with Crippen LogP contribution >= 0.6 is 11.8 Å². The molecule has 4 heteroatoms.